The zero-order valence-electron chi connectivity index (χ0n) is 25.5. The topological polar surface area (TPSA) is 148 Å². The second-order valence-electron chi connectivity index (χ2n) is 12.1. The molecule has 0 saturated carbocycles. The van der Waals surface area contributed by atoms with Crippen molar-refractivity contribution in [2.75, 3.05) is 24.6 Å². The predicted molar refractivity (Wildman–Crippen MR) is 167 cm³/mol. The number of halogens is 5. The molecule has 0 radical (unpaired) electrons. The number of pyridine rings is 2. The van der Waals surface area contributed by atoms with Gasteiger partial charge in [0.15, 0.2) is 0 Å². The summed E-state index contributed by atoms with van der Waals surface area (Å²) in [4.78, 5) is 48.7. The second-order valence-corrected chi connectivity index (χ2v) is 12.5. The molecule has 2 aromatic carbocycles. The van der Waals surface area contributed by atoms with E-state index in [-0.39, 0.29) is 45.7 Å². The van der Waals surface area contributed by atoms with Crippen LogP contribution in [0.15, 0.2) is 48.5 Å². The van der Waals surface area contributed by atoms with E-state index in [2.05, 4.69) is 15.3 Å². The van der Waals surface area contributed by atoms with Crippen molar-refractivity contribution in [1.29, 1.82) is 0 Å². The minimum absolute atomic E-state index is 0.0331. The number of primary amides is 1. The molecule has 2 aliphatic rings. The first-order valence-electron chi connectivity index (χ1n) is 14.8. The molecular weight excluding hydrogens is 658 g/mol. The number of anilines is 1. The lowest BCUT2D eigenvalue weighted by Gasteiger charge is -2.31. The third kappa shape index (κ3) is 5.48. The molecule has 0 spiro atoms. The highest BCUT2D eigenvalue weighted by Gasteiger charge is 2.57. The number of benzene rings is 2. The summed E-state index contributed by atoms with van der Waals surface area (Å²) >= 11 is 5.95. The zero-order chi connectivity index (χ0) is 34.8. The molecule has 4 aromatic rings. The van der Waals surface area contributed by atoms with Crippen molar-refractivity contribution in [1.82, 2.24) is 15.3 Å². The quantitative estimate of drug-likeness (QED) is 0.236. The van der Waals surface area contributed by atoms with Crippen molar-refractivity contribution < 1.29 is 41.8 Å². The van der Waals surface area contributed by atoms with Crippen molar-refractivity contribution in [3.63, 3.8) is 0 Å². The number of carbonyl (C=O) groups excluding carboxylic acids is 3. The van der Waals surface area contributed by atoms with E-state index in [9.17, 15) is 37.1 Å². The van der Waals surface area contributed by atoms with Gasteiger partial charge in [-0.1, -0.05) is 17.7 Å². The number of nitrogens with one attached hydrogen (secondary N) is 1. The van der Waals surface area contributed by atoms with Crippen LogP contribution in [-0.4, -0.2) is 58.7 Å². The van der Waals surface area contributed by atoms with Gasteiger partial charge in [-0.05, 0) is 62.7 Å². The van der Waals surface area contributed by atoms with Crippen molar-refractivity contribution in [2.45, 2.75) is 43.9 Å². The summed E-state index contributed by atoms with van der Waals surface area (Å²) in [5.41, 5.74) is 0.248. The molecule has 48 heavy (non-hydrogen) atoms. The molecule has 2 aliphatic heterocycles. The van der Waals surface area contributed by atoms with E-state index in [1.54, 1.807) is 19.1 Å². The fourth-order valence-electron chi connectivity index (χ4n) is 5.84. The van der Waals surface area contributed by atoms with Gasteiger partial charge in [0.1, 0.15) is 29.3 Å². The summed E-state index contributed by atoms with van der Waals surface area (Å²) in [6.07, 6.45) is -4.54. The number of alkyl halides is 3. The van der Waals surface area contributed by atoms with E-state index < -0.39 is 47.1 Å². The van der Waals surface area contributed by atoms with Crippen LogP contribution in [0.2, 0.25) is 5.02 Å². The van der Waals surface area contributed by atoms with Crippen LogP contribution in [0.1, 0.15) is 47.1 Å². The summed E-state index contributed by atoms with van der Waals surface area (Å²) in [5, 5.41) is 13.7. The molecule has 0 bridgehead atoms. The number of rotatable bonds is 7. The molecule has 4 heterocycles. The van der Waals surface area contributed by atoms with Crippen LogP contribution < -0.4 is 20.7 Å². The van der Waals surface area contributed by atoms with Gasteiger partial charge in [0.2, 0.25) is 17.4 Å². The number of nitrogens with zero attached hydrogens (tertiary/aromatic N) is 3. The maximum Gasteiger partial charge on any atom is 0.424 e. The Bertz CT molecular complexity index is 2020. The number of aryl methyl sites for hydroxylation is 1. The third-order valence-corrected chi connectivity index (χ3v) is 9.03. The smallest absolute Gasteiger partial charge is 0.424 e. The molecule has 10 nitrogen and oxygen atoms in total. The lowest BCUT2D eigenvalue weighted by molar-refractivity contribution is -0.265. The van der Waals surface area contributed by atoms with Crippen LogP contribution in [0.5, 0.6) is 5.75 Å². The van der Waals surface area contributed by atoms with Gasteiger partial charge in [-0.15, -0.1) is 0 Å². The molecule has 1 saturated heterocycles. The number of hydrogen-bond acceptors (Lipinski definition) is 7. The van der Waals surface area contributed by atoms with Crippen LogP contribution in [0, 0.1) is 12.7 Å². The fraction of sp³-hybridized carbons (Fsp3) is 0.303. The summed E-state index contributed by atoms with van der Waals surface area (Å²) in [7, 11) is 0. The van der Waals surface area contributed by atoms with Crippen molar-refractivity contribution >= 4 is 45.9 Å². The molecule has 1 fully saturated rings. The SMILES string of the molecule is Cc1ccc2cc(C(=O)NC[C@](O)(c3cc4c(c(-c5ccc(F)c(Cl)c5)n3)OC[C@]4(C)C(N)=O)C(F)(F)F)cc(N3CCCC3=O)c2n1. The van der Waals surface area contributed by atoms with Crippen LogP contribution in [-0.2, 0) is 20.6 Å². The van der Waals surface area contributed by atoms with Crippen molar-refractivity contribution in [3.8, 4) is 17.0 Å². The Hall–Kier alpha value is -4.82. The number of fused-ring (bicyclic) bond motifs is 2. The lowest BCUT2D eigenvalue weighted by Crippen LogP contribution is -2.51. The van der Waals surface area contributed by atoms with E-state index in [0.717, 1.165) is 18.2 Å². The molecular formula is C33H28ClF4N5O5. The number of hydrogen-bond donors (Lipinski definition) is 3. The Labute approximate surface area is 275 Å². The molecule has 4 N–H and O–H groups in total. The highest BCUT2D eigenvalue weighted by atomic mass is 35.5. The fourth-order valence-corrected chi connectivity index (χ4v) is 6.02. The molecule has 2 aromatic heterocycles. The van der Waals surface area contributed by atoms with E-state index in [1.807, 2.05) is 0 Å². The average Bonchev–Trinajstić information content (AvgIpc) is 3.62. The highest BCUT2D eigenvalue weighted by Crippen LogP contribution is 2.48. The predicted octanol–water partition coefficient (Wildman–Crippen LogP) is 4.84. The summed E-state index contributed by atoms with van der Waals surface area (Å²) in [6.45, 7) is 1.75. The molecule has 250 valence electrons. The van der Waals surface area contributed by atoms with Gasteiger partial charge in [0.25, 0.3) is 5.91 Å². The van der Waals surface area contributed by atoms with E-state index >= 15 is 0 Å². The minimum Gasteiger partial charge on any atom is -0.489 e. The van der Waals surface area contributed by atoms with E-state index in [0.29, 0.717) is 41.7 Å². The third-order valence-electron chi connectivity index (χ3n) is 8.74. The average molecular weight is 686 g/mol. The van der Waals surface area contributed by atoms with E-state index in [1.165, 1.54) is 30.0 Å². The van der Waals surface area contributed by atoms with Gasteiger partial charge in [0.05, 0.1) is 28.5 Å². The molecule has 15 heteroatoms. The van der Waals surface area contributed by atoms with Gasteiger partial charge in [-0.2, -0.15) is 13.2 Å². The van der Waals surface area contributed by atoms with E-state index in [4.69, 9.17) is 22.1 Å². The van der Waals surface area contributed by atoms with Crippen molar-refractivity contribution in [3.05, 3.63) is 81.9 Å². The maximum absolute atomic E-state index is 14.9. The molecule has 6 rings (SSSR count). The number of carbonyl (C=O) groups is 3. The first-order chi connectivity index (χ1) is 22.5. The standard InChI is InChI=1S/C33H28ClF4N5O5/c1-16-5-6-17-10-19(12-23(26(17)41-16)43-9-3-4-25(43)44)29(45)40-14-32(47,33(36,37)38)24-13-20-28(48-15-31(20,2)30(39)46)27(42-24)18-7-8-22(35)21(34)11-18/h5-8,10-13,47H,3-4,9,14-15H2,1-2H3,(H2,39,46)(H,40,45)/t31-,32-/m0/s1. The van der Waals surface area contributed by atoms with Gasteiger partial charge in [0, 0.05) is 40.7 Å². The molecule has 0 unspecified atom stereocenters. The first kappa shape index (κ1) is 33.1. The zero-order valence-corrected chi connectivity index (χ0v) is 26.3. The largest absolute Gasteiger partial charge is 0.489 e. The van der Waals surface area contributed by atoms with Gasteiger partial charge < -0.3 is 25.8 Å². The summed E-state index contributed by atoms with van der Waals surface area (Å²) in [6, 6.07) is 10.3. The number of nitrogens with two attached hydrogens (primary N) is 1. The Morgan fingerprint density at radius 1 is 1.15 bits per heavy atom. The van der Waals surface area contributed by atoms with Crippen LogP contribution in [0.3, 0.4) is 0 Å². The Kier molecular flexibility index (Phi) is 8.07. The number of aromatic nitrogens is 2. The van der Waals surface area contributed by atoms with Crippen LogP contribution in [0.25, 0.3) is 22.2 Å². The van der Waals surface area contributed by atoms with Gasteiger partial charge >= 0.3 is 6.18 Å². The lowest BCUT2D eigenvalue weighted by atomic mass is 9.81. The van der Waals surface area contributed by atoms with Gasteiger partial charge in [-0.3, -0.25) is 19.4 Å². The Balaban J connectivity index is 1.43. The maximum atomic E-state index is 14.9. The number of amides is 3. The first-order valence-corrected chi connectivity index (χ1v) is 15.1. The Morgan fingerprint density at radius 2 is 1.90 bits per heavy atom. The monoisotopic (exact) mass is 685 g/mol. The minimum atomic E-state index is -5.42. The summed E-state index contributed by atoms with van der Waals surface area (Å²) in [5.74, 6) is -2.98. The highest BCUT2D eigenvalue weighted by molar-refractivity contribution is 6.31. The summed E-state index contributed by atoms with van der Waals surface area (Å²) < 4.78 is 64.3. The number of ether oxygens (including phenoxy) is 1. The van der Waals surface area contributed by atoms with Crippen LogP contribution >= 0.6 is 11.6 Å². The molecule has 2 atom stereocenters. The van der Waals surface area contributed by atoms with Crippen molar-refractivity contribution in [2.24, 2.45) is 5.73 Å². The molecule has 0 aliphatic carbocycles. The second kappa shape index (κ2) is 11.7. The van der Waals surface area contributed by atoms with Gasteiger partial charge in [-0.25, -0.2) is 9.37 Å². The Morgan fingerprint density at radius 3 is 2.54 bits per heavy atom. The normalized spacial score (nSPS) is 18.8. The molecule has 3 amide bonds. The van der Waals surface area contributed by atoms with Crippen LogP contribution in [0.4, 0.5) is 23.2 Å². The number of aliphatic hydroxyl groups is 1.